The summed E-state index contributed by atoms with van der Waals surface area (Å²) < 4.78 is 59.3. The Morgan fingerprint density at radius 3 is 1.50 bits per heavy atom. The highest BCUT2D eigenvalue weighted by atomic mass is 32.3. The van der Waals surface area contributed by atoms with Gasteiger partial charge in [-0.3, -0.25) is 9.35 Å². The van der Waals surface area contributed by atoms with E-state index in [4.69, 9.17) is 18.9 Å². The zero-order chi connectivity index (χ0) is 46.8. The zero-order valence-corrected chi connectivity index (χ0v) is 41.4. The molecule has 6 unspecified atom stereocenters. The first kappa shape index (κ1) is 60.6. The molecule has 0 aromatic heterocycles. The molecule has 1 aliphatic heterocycles. The molecule has 12 nitrogen and oxygen atoms in total. The van der Waals surface area contributed by atoms with E-state index < -0.39 is 59.8 Å². The van der Waals surface area contributed by atoms with Crippen molar-refractivity contribution in [2.24, 2.45) is 0 Å². The predicted molar refractivity (Wildman–Crippen MR) is 257 cm³/mol. The Hall–Kier alpha value is -1.42. The lowest BCUT2D eigenvalue weighted by molar-refractivity contribution is -0.301. The van der Waals surface area contributed by atoms with Gasteiger partial charge in [-0.15, -0.1) is 0 Å². The summed E-state index contributed by atoms with van der Waals surface area (Å²) in [5, 5.41) is 30.8. The largest absolute Gasteiger partial charge is 0.457 e. The number of hydrogen-bond donors (Lipinski definition) is 4. The number of unbranched alkanes of at least 4 members (excludes halogenated alkanes) is 29. The van der Waals surface area contributed by atoms with Gasteiger partial charge >= 0.3 is 16.4 Å². The molecule has 1 heterocycles. The molecule has 0 aromatic rings. The van der Waals surface area contributed by atoms with Gasteiger partial charge in [0.05, 0.1) is 19.8 Å². The Balaban J connectivity index is 2.35. The lowest BCUT2D eigenvalue weighted by atomic mass is 9.99. The van der Waals surface area contributed by atoms with Crippen LogP contribution in [0.25, 0.3) is 0 Å². The molecule has 0 spiro atoms. The van der Waals surface area contributed by atoms with Crippen LogP contribution in [0, 0.1) is 0 Å². The minimum atomic E-state index is -5.06. The zero-order valence-electron chi connectivity index (χ0n) is 40.6. The highest BCUT2D eigenvalue weighted by Gasteiger charge is 2.48. The van der Waals surface area contributed by atoms with Crippen molar-refractivity contribution < 1.29 is 56.2 Å². The van der Waals surface area contributed by atoms with E-state index in [1.165, 1.54) is 148 Å². The van der Waals surface area contributed by atoms with Crippen molar-refractivity contribution in [3.8, 4) is 0 Å². The predicted octanol–water partition coefficient (Wildman–Crippen LogP) is 12.0. The summed E-state index contributed by atoms with van der Waals surface area (Å²) in [6.07, 6.45) is 40.6. The van der Waals surface area contributed by atoms with Gasteiger partial charge < -0.3 is 34.3 Å². The number of esters is 1. The van der Waals surface area contributed by atoms with Crippen LogP contribution in [-0.4, -0.2) is 97.5 Å². The van der Waals surface area contributed by atoms with E-state index in [-0.39, 0.29) is 19.6 Å². The first-order valence-electron chi connectivity index (χ1n) is 26.1. The van der Waals surface area contributed by atoms with Crippen molar-refractivity contribution in [3.05, 3.63) is 24.3 Å². The molecule has 1 aliphatic rings. The Labute approximate surface area is 391 Å². The molecular formula is C51H96O12S. The molecule has 1 fully saturated rings. The molecule has 0 bridgehead atoms. The number of rotatable bonds is 46. The van der Waals surface area contributed by atoms with Crippen LogP contribution in [0.1, 0.15) is 232 Å². The normalized spacial score (nSPS) is 19.9. The summed E-state index contributed by atoms with van der Waals surface area (Å²) in [5.41, 5.74) is 0. The number of allylic oxidation sites excluding steroid dienone is 4. The highest BCUT2D eigenvalue weighted by Crippen LogP contribution is 2.26. The number of aliphatic hydroxyl groups excluding tert-OH is 3. The van der Waals surface area contributed by atoms with Gasteiger partial charge in [-0.2, -0.15) is 8.42 Å². The Kier molecular flexibility index (Phi) is 40.6. The second-order valence-electron chi connectivity index (χ2n) is 18.1. The minimum absolute atomic E-state index is 0.0329. The van der Waals surface area contributed by atoms with E-state index in [1.54, 1.807) is 0 Å². The molecule has 0 saturated carbocycles. The SMILES string of the molecule is CCCCCC/C=C\C/C=C\CCCCCCCCOCC(COC1OC(CO)C(O)C(OS(=O)(=O)O)C1O)OC(=O)CCCCCCCCCCCCCCCCCCCCCC. The van der Waals surface area contributed by atoms with Gasteiger partial charge in [-0.05, 0) is 44.9 Å². The summed E-state index contributed by atoms with van der Waals surface area (Å²) in [6, 6.07) is 0. The highest BCUT2D eigenvalue weighted by molar-refractivity contribution is 7.80. The van der Waals surface area contributed by atoms with Crippen molar-refractivity contribution >= 4 is 16.4 Å². The van der Waals surface area contributed by atoms with Gasteiger partial charge in [0.15, 0.2) is 6.29 Å². The molecule has 6 atom stereocenters. The van der Waals surface area contributed by atoms with Crippen molar-refractivity contribution in [1.29, 1.82) is 0 Å². The number of carbonyl (C=O) groups is 1. The van der Waals surface area contributed by atoms with Crippen molar-refractivity contribution in [2.45, 2.75) is 269 Å². The van der Waals surface area contributed by atoms with Crippen LogP contribution >= 0.6 is 0 Å². The van der Waals surface area contributed by atoms with Crippen LogP contribution in [0.4, 0.5) is 0 Å². The summed E-state index contributed by atoms with van der Waals surface area (Å²) in [7, 11) is -5.06. The van der Waals surface area contributed by atoms with E-state index in [2.05, 4.69) is 42.3 Å². The van der Waals surface area contributed by atoms with Gasteiger partial charge in [-0.1, -0.05) is 205 Å². The molecule has 0 aliphatic carbocycles. The van der Waals surface area contributed by atoms with Gasteiger partial charge in [0.1, 0.15) is 30.5 Å². The van der Waals surface area contributed by atoms with Crippen LogP contribution in [0.15, 0.2) is 24.3 Å². The third-order valence-corrected chi connectivity index (χ3v) is 12.5. The minimum Gasteiger partial charge on any atom is -0.457 e. The summed E-state index contributed by atoms with van der Waals surface area (Å²) in [4.78, 5) is 12.9. The maximum Gasteiger partial charge on any atom is 0.397 e. The molecule has 1 saturated heterocycles. The van der Waals surface area contributed by atoms with Crippen molar-refractivity contribution in [1.82, 2.24) is 0 Å². The third kappa shape index (κ3) is 35.7. The van der Waals surface area contributed by atoms with E-state index in [0.717, 1.165) is 57.8 Å². The van der Waals surface area contributed by atoms with Crippen LogP contribution in [0.5, 0.6) is 0 Å². The average Bonchev–Trinajstić information content (AvgIpc) is 3.27. The van der Waals surface area contributed by atoms with Gasteiger partial charge in [-0.25, -0.2) is 4.18 Å². The summed E-state index contributed by atoms with van der Waals surface area (Å²) in [5.74, 6) is -0.398. The fourth-order valence-electron chi connectivity index (χ4n) is 8.12. The lowest BCUT2D eigenvalue weighted by Crippen LogP contribution is -2.60. The molecule has 1 rings (SSSR count). The Morgan fingerprint density at radius 1 is 0.594 bits per heavy atom. The van der Waals surface area contributed by atoms with Gasteiger partial charge in [0.2, 0.25) is 0 Å². The standard InChI is InChI=1S/C51H96O12S/c1-3-5-7-9-11-13-15-17-19-21-22-23-24-26-28-30-32-34-36-38-40-47(53)61-45(44-60-51-49(55)50(63-64(56,57)58)48(54)46(42-52)62-51)43-59-41-39-37-35-33-31-29-27-25-20-18-16-14-12-10-8-6-4-2/h14,16,20,25,45-46,48-52,54-55H,3-13,15,17-19,21-24,26-44H2,1-2H3,(H,56,57,58)/b16-14-,25-20-. The van der Waals surface area contributed by atoms with Crippen LogP contribution in [0.3, 0.4) is 0 Å². The number of carbonyl (C=O) groups excluding carboxylic acids is 1. The molecule has 4 N–H and O–H groups in total. The first-order chi connectivity index (χ1) is 31.1. The smallest absolute Gasteiger partial charge is 0.397 e. The van der Waals surface area contributed by atoms with Crippen LogP contribution < -0.4 is 0 Å². The van der Waals surface area contributed by atoms with Crippen molar-refractivity contribution in [3.63, 3.8) is 0 Å². The quantitative estimate of drug-likeness (QED) is 0.0197. The van der Waals surface area contributed by atoms with Gasteiger partial charge in [0, 0.05) is 13.0 Å². The van der Waals surface area contributed by atoms with E-state index in [9.17, 15) is 33.1 Å². The fraction of sp³-hybridized carbons (Fsp3) is 0.902. The molecule has 0 aromatic carbocycles. The van der Waals surface area contributed by atoms with Crippen LogP contribution in [-0.2, 0) is 38.3 Å². The fourth-order valence-corrected chi connectivity index (χ4v) is 8.62. The van der Waals surface area contributed by atoms with Crippen molar-refractivity contribution in [2.75, 3.05) is 26.4 Å². The van der Waals surface area contributed by atoms with E-state index >= 15 is 0 Å². The molecule has 378 valence electrons. The van der Waals surface area contributed by atoms with Crippen LogP contribution in [0.2, 0.25) is 0 Å². The lowest BCUT2D eigenvalue weighted by Gasteiger charge is -2.41. The molecular weight excluding hydrogens is 837 g/mol. The Bertz CT molecular complexity index is 1210. The third-order valence-electron chi connectivity index (χ3n) is 12.1. The number of aliphatic hydroxyl groups is 3. The maximum absolute atomic E-state index is 12.9. The topological polar surface area (TPSA) is 178 Å². The van der Waals surface area contributed by atoms with E-state index in [0.29, 0.717) is 13.0 Å². The monoisotopic (exact) mass is 933 g/mol. The van der Waals surface area contributed by atoms with Gasteiger partial charge in [0.25, 0.3) is 0 Å². The summed E-state index contributed by atoms with van der Waals surface area (Å²) in [6.45, 7) is 3.99. The van der Waals surface area contributed by atoms with E-state index in [1.807, 2.05) is 0 Å². The molecule has 0 radical (unpaired) electrons. The summed E-state index contributed by atoms with van der Waals surface area (Å²) >= 11 is 0. The molecule has 0 amide bonds. The average molecular weight is 933 g/mol. The molecule has 13 heteroatoms. The number of ether oxygens (including phenoxy) is 4. The second-order valence-corrected chi connectivity index (χ2v) is 19.2. The Morgan fingerprint density at radius 2 is 1.03 bits per heavy atom. The first-order valence-corrected chi connectivity index (χ1v) is 27.5. The number of hydrogen-bond acceptors (Lipinski definition) is 11. The molecule has 64 heavy (non-hydrogen) atoms. The second kappa shape index (κ2) is 42.9. The maximum atomic E-state index is 12.9.